The first-order valence-corrected chi connectivity index (χ1v) is 6.25. The second-order valence-corrected chi connectivity index (χ2v) is 4.22. The van der Waals surface area contributed by atoms with Crippen LogP contribution in [-0.4, -0.2) is 19.7 Å². The van der Waals surface area contributed by atoms with Gasteiger partial charge < -0.3 is 9.47 Å². The highest BCUT2D eigenvalue weighted by Gasteiger charge is 2.05. The third kappa shape index (κ3) is 3.57. The summed E-state index contributed by atoms with van der Waals surface area (Å²) in [4.78, 5) is 11.3. The second-order valence-electron chi connectivity index (χ2n) is 4.22. The number of halogens is 1. The maximum Gasteiger partial charge on any atom is 0.337 e. The van der Waals surface area contributed by atoms with Crippen LogP contribution in [0.1, 0.15) is 15.9 Å². The molecule has 0 unspecified atom stereocenters. The van der Waals surface area contributed by atoms with Gasteiger partial charge in [0.1, 0.15) is 0 Å². The normalized spacial score (nSPS) is 10.1. The van der Waals surface area contributed by atoms with Crippen molar-refractivity contribution in [2.24, 2.45) is 0 Å². The van der Waals surface area contributed by atoms with E-state index in [1.54, 1.807) is 30.3 Å². The minimum Gasteiger partial charge on any atom is -0.490 e. The highest BCUT2D eigenvalue weighted by molar-refractivity contribution is 5.89. The van der Waals surface area contributed by atoms with Gasteiger partial charge in [-0.25, -0.2) is 9.18 Å². The lowest BCUT2D eigenvalue weighted by molar-refractivity contribution is 0.0600. The summed E-state index contributed by atoms with van der Waals surface area (Å²) in [5.74, 6) is -0.480. The third-order valence-electron chi connectivity index (χ3n) is 2.86. The molecule has 0 aliphatic heterocycles. The molecule has 104 valence electrons. The predicted octanol–water partition coefficient (Wildman–Crippen LogP) is 3.23. The average molecular weight is 274 g/mol. The lowest BCUT2D eigenvalue weighted by Crippen LogP contribution is -2.04. The van der Waals surface area contributed by atoms with Crippen molar-refractivity contribution < 1.29 is 18.7 Å². The first-order chi connectivity index (χ1) is 9.70. The summed E-state index contributed by atoms with van der Waals surface area (Å²) in [5.41, 5.74) is 1.51. The van der Waals surface area contributed by atoms with Crippen molar-refractivity contribution in [3.8, 4) is 5.75 Å². The van der Waals surface area contributed by atoms with Gasteiger partial charge in [0.05, 0.1) is 19.3 Å². The lowest BCUT2D eigenvalue weighted by Gasteiger charge is -2.07. The maximum atomic E-state index is 13.3. The van der Waals surface area contributed by atoms with Gasteiger partial charge in [0.15, 0.2) is 11.6 Å². The number of methoxy groups -OCH3 is 1. The van der Waals surface area contributed by atoms with E-state index in [1.807, 2.05) is 12.1 Å². The van der Waals surface area contributed by atoms with E-state index in [0.717, 1.165) is 5.56 Å². The van der Waals surface area contributed by atoms with Gasteiger partial charge in [-0.15, -0.1) is 0 Å². The SMILES string of the molecule is COC(=O)c1ccc(CCOc2ccccc2F)cc1. The Morgan fingerprint density at radius 1 is 1.10 bits per heavy atom. The fourth-order valence-corrected chi connectivity index (χ4v) is 1.77. The molecule has 0 aliphatic rings. The molecule has 4 heteroatoms. The molecular weight excluding hydrogens is 259 g/mol. The molecule has 2 aromatic rings. The molecule has 0 atom stereocenters. The van der Waals surface area contributed by atoms with E-state index in [9.17, 15) is 9.18 Å². The Bertz CT molecular complexity index is 579. The smallest absolute Gasteiger partial charge is 0.337 e. The molecule has 0 saturated carbocycles. The number of ether oxygens (including phenoxy) is 2. The van der Waals surface area contributed by atoms with Crippen molar-refractivity contribution in [2.75, 3.05) is 13.7 Å². The standard InChI is InChI=1S/C16H15FO3/c1-19-16(18)13-8-6-12(7-9-13)10-11-20-15-5-3-2-4-14(15)17/h2-9H,10-11H2,1H3. The number of esters is 1. The molecule has 0 aliphatic carbocycles. The van der Waals surface area contributed by atoms with Crippen LogP contribution < -0.4 is 4.74 Å². The molecular formula is C16H15FO3. The van der Waals surface area contributed by atoms with Gasteiger partial charge in [-0.05, 0) is 29.8 Å². The van der Waals surface area contributed by atoms with Gasteiger partial charge in [-0.2, -0.15) is 0 Å². The fourth-order valence-electron chi connectivity index (χ4n) is 1.77. The Morgan fingerprint density at radius 2 is 1.80 bits per heavy atom. The van der Waals surface area contributed by atoms with Crippen LogP contribution in [-0.2, 0) is 11.2 Å². The summed E-state index contributed by atoms with van der Waals surface area (Å²) in [6, 6.07) is 13.4. The number of rotatable bonds is 5. The summed E-state index contributed by atoms with van der Waals surface area (Å²) in [6.07, 6.45) is 0.635. The van der Waals surface area contributed by atoms with Crippen LogP contribution in [0.4, 0.5) is 4.39 Å². The molecule has 0 amide bonds. The fraction of sp³-hybridized carbons (Fsp3) is 0.188. The first-order valence-electron chi connectivity index (χ1n) is 6.25. The van der Waals surface area contributed by atoms with Crippen molar-refractivity contribution in [2.45, 2.75) is 6.42 Å². The zero-order valence-corrected chi connectivity index (χ0v) is 11.1. The van der Waals surface area contributed by atoms with Crippen LogP contribution in [0, 0.1) is 5.82 Å². The topological polar surface area (TPSA) is 35.5 Å². The zero-order valence-electron chi connectivity index (χ0n) is 11.1. The lowest BCUT2D eigenvalue weighted by atomic mass is 10.1. The number of para-hydroxylation sites is 1. The van der Waals surface area contributed by atoms with E-state index >= 15 is 0 Å². The minimum absolute atomic E-state index is 0.249. The van der Waals surface area contributed by atoms with Crippen molar-refractivity contribution in [3.63, 3.8) is 0 Å². The summed E-state index contributed by atoms with van der Waals surface area (Å²) in [7, 11) is 1.35. The van der Waals surface area contributed by atoms with Crippen LogP contribution in [0.15, 0.2) is 48.5 Å². The molecule has 3 nitrogen and oxygen atoms in total. The Hall–Kier alpha value is -2.36. The quantitative estimate of drug-likeness (QED) is 0.785. The molecule has 2 aromatic carbocycles. The molecule has 0 radical (unpaired) electrons. The monoisotopic (exact) mass is 274 g/mol. The number of hydrogen-bond donors (Lipinski definition) is 0. The molecule has 0 saturated heterocycles. The number of carbonyl (C=O) groups is 1. The Morgan fingerprint density at radius 3 is 2.45 bits per heavy atom. The highest BCUT2D eigenvalue weighted by Crippen LogP contribution is 2.15. The number of hydrogen-bond acceptors (Lipinski definition) is 3. The average Bonchev–Trinajstić information content (AvgIpc) is 2.49. The molecule has 0 N–H and O–H groups in total. The Labute approximate surface area is 117 Å². The van der Waals surface area contributed by atoms with E-state index in [0.29, 0.717) is 18.6 Å². The van der Waals surface area contributed by atoms with Crippen LogP contribution in [0.5, 0.6) is 5.75 Å². The second kappa shape index (κ2) is 6.70. The molecule has 2 rings (SSSR count). The first kappa shape index (κ1) is 14.1. The van der Waals surface area contributed by atoms with E-state index in [4.69, 9.17) is 4.74 Å². The van der Waals surface area contributed by atoms with Crippen LogP contribution in [0.2, 0.25) is 0 Å². The van der Waals surface area contributed by atoms with Crippen LogP contribution in [0.25, 0.3) is 0 Å². The van der Waals surface area contributed by atoms with Crippen molar-refractivity contribution >= 4 is 5.97 Å². The van der Waals surface area contributed by atoms with Gasteiger partial charge in [-0.1, -0.05) is 24.3 Å². The third-order valence-corrected chi connectivity index (χ3v) is 2.86. The van der Waals surface area contributed by atoms with Gasteiger partial charge in [0.25, 0.3) is 0 Å². The summed E-state index contributed by atoms with van der Waals surface area (Å²) >= 11 is 0. The highest BCUT2D eigenvalue weighted by atomic mass is 19.1. The molecule has 0 aromatic heterocycles. The maximum absolute atomic E-state index is 13.3. The molecule has 0 spiro atoms. The minimum atomic E-state index is -0.367. The van der Waals surface area contributed by atoms with E-state index in [-0.39, 0.29) is 17.5 Å². The van der Waals surface area contributed by atoms with Gasteiger partial charge in [-0.3, -0.25) is 0 Å². The van der Waals surface area contributed by atoms with Crippen molar-refractivity contribution in [1.82, 2.24) is 0 Å². The summed E-state index contributed by atoms with van der Waals surface area (Å²) in [6.45, 7) is 0.374. The van der Waals surface area contributed by atoms with Gasteiger partial charge >= 0.3 is 5.97 Å². The molecule has 20 heavy (non-hydrogen) atoms. The molecule has 0 bridgehead atoms. The van der Waals surface area contributed by atoms with Gasteiger partial charge in [0, 0.05) is 6.42 Å². The summed E-state index contributed by atoms with van der Waals surface area (Å²) in [5, 5.41) is 0. The summed E-state index contributed by atoms with van der Waals surface area (Å²) < 4.78 is 23.3. The van der Waals surface area contributed by atoms with Crippen molar-refractivity contribution in [1.29, 1.82) is 0 Å². The Balaban J connectivity index is 1.88. The molecule has 0 fully saturated rings. The predicted molar refractivity (Wildman–Crippen MR) is 73.4 cm³/mol. The number of benzene rings is 2. The Kier molecular flexibility index (Phi) is 4.71. The van der Waals surface area contributed by atoms with E-state index in [1.165, 1.54) is 13.2 Å². The largest absolute Gasteiger partial charge is 0.490 e. The van der Waals surface area contributed by atoms with Crippen LogP contribution in [0.3, 0.4) is 0 Å². The van der Waals surface area contributed by atoms with E-state index < -0.39 is 0 Å². The van der Waals surface area contributed by atoms with Gasteiger partial charge in [0.2, 0.25) is 0 Å². The molecule has 0 heterocycles. The van der Waals surface area contributed by atoms with Crippen molar-refractivity contribution in [3.05, 3.63) is 65.5 Å². The van der Waals surface area contributed by atoms with Crippen LogP contribution >= 0.6 is 0 Å². The van der Waals surface area contributed by atoms with E-state index in [2.05, 4.69) is 4.74 Å². The number of carbonyl (C=O) groups excluding carboxylic acids is 1. The zero-order chi connectivity index (χ0) is 14.4.